The van der Waals surface area contributed by atoms with Crippen LogP contribution in [0.25, 0.3) is 11.1 Å². The Kier molecular flexibility index (Phi) is 8.77. The van der Waals surface area contributed by atoms with Gasteiger partial charge in [-0.1, -0.05) is 60.7 Å². The van der Waals surface area contributed by atoms with Crippen LogP contribution in [0.2, 0.25) is 0 Å². The molecule has 0 unspecified atom stereocenters. The predicted octanol–water partition coefficient (Wildman–Crippen LogP) is 5.23. The SMILES string of the molecule is CCOc1ccc2c(c1)CN(C(=O)OC(C)(C)C)[C@H](C(=O)N[C@@H](Cc1ccc(-c3ccccc3)cc1)C(=O)O)C2. The number of ether oxygens (including phenoxy) is 2. The second-order valence-electron chi connectivity index (χ2n) is 10.9. The van der Waals surface area contributed by atoms with Crippen molar-refractivity contribution in [3.8, 4) is 16.9 Å². The summed E-state index contributed by atoms with van der Waals surface area (Å²) in [7, 11) is 0. The van der Waals surface area contributed by atoms with Crippen LogP contribution in [0.15, 0.2) is 72.8 Å². The van der Waals surface area contributed by atoms with Gasteiger partial charge < -0.3 is 19.9 Å². The smallest absolute Gasteiger partial charge is 0.411 e. The van der Waals surface area contributed by atoms with Crippen molar-refractivity contribution in [2.45, 2.75) is 64.8 Å². The lowest BCUT2D eigenvalue weighted by molar-refractivity contribution is -0.142. The van der Waals surface area contributed by atoms with E-state index >= 15 is 0 Å². The first-order chi connectivity index (χ1) is 19.0. The fourth-order valence-corrected chi connectivity index (χ4v) is 4.73. The highest BCUT2D eigenvalue weighted by Crippen LogP contribution is 2.29. The zero-order valence-corrected chi connectivity index (χ0v) is 23.3. The number of carboxylic acids is 1. The molecule has 1 heterocycles. The fraction of sp³-hybridized carbons (Fsp3) is 0.344. The van der Waals surface area contributed by atoms with Gasteiger partial charge in [0.05, 0.1) is 13.2 Å². The average Bonchev–Trinajstić information content (AvgIpc) is 2.92. The van der Waals surface area contributed by atoms with Crippen molar-refractivity contribution in [3.05, 3.63) is 89.5 Å². The van der Waals surface area contributed by atoms with E-state index in [1.807, 2.05) is 79.7 Å². The van der Waals surface area contributed by atoms with Crippen LogP contribution in [0.1, 0.15) is 44.4 Å². The molecular weight excluding hydrogens is 508 g/mol. The first-order valence-corrected chi connectivity index (χ1v) is 13.5. The molecule has 210 valence electrons. The lowest BCUT2D eigenvalue weighted by Gasteiger charge is -2.37. The summed E-state index contributed by atoms with van der Waals surface area (Å²) >= 11 is 0. The molecule has 0 saturated carbocycles. The van der Waals surface area contributed by atoms with Gasteiger partial charge in [-0.3, -0.25) is 9.69 Å². The highest BCUT2D eigenvalue weighted by Gasteiger charge is 2.38. The van der Waals surface area contributed by atoms with Crippen LogP contribution in [-0.4, -0.2) is 52.3 Å². The maximum absolute atomic E-state index is 13.6. The number of hydrogen-bond acceptors (Lipinski definition) is 5. The largest absolute Gasteiger partial charge is 0.494 e. The first kappa shape index (κ1) is 28.7. The van der Waals surface area contributed by atoms with Crippen molar-refractivity contribution >= 4 is 18.0 Å². The molecule has 0 bridgehead atoms. The Morgan fingerprint density at radius 3 is 2.27 bits per heavy atom. The summed E-state index contributed by atoms with van der Waals surface area (Å²) < 4.78 is 11.2. The Bertz CT molecular complexity index is 1350. The molecule has 1 aliphatic rings. The summed E-state index contributed by atoms with van der Waals surface area (Å²) in [6, 6.07) is 21.0. The number of carboxylic acid groups (broad SMARTS) is 1. The van der Waals surface area contributed by atoms with Gasteiger partial charge in [-0.25, -0.2) is 9.59 Å². The number of amides is 2. The molecule has 0 aliphatic carbocycles. The number of benzene rings is 3. The molecule has 40 heavy (non-hydrogen) atoms. The van der Waals surface area contributed by atoms with Crippen molar-refractivity contribution in [1.29, 1.82) is 0 Å². The maximum Gasteiger partial charge on any atom is 0.411 e. The van der Waals surface area contributed by atoms with Crippen LogP contribution < -0.4 is 10.1 Å². The van der Waals surface area contributed by atoms with E-state index < -0.39 is 35.7 Å². The van der Waals surface area contributed by atoms with Crippen LogP contribution in [-0.2, 0) is 33.7 Å². The molecule has 3 aromatic carbocycles. The van der Waals surface area contributed by atoms with Crippen molar-refractivity contribution in [1.82, 2.24) is 10.2 Å². The van der Waals surface area contributed by atoms with Gasteiger partial charge in [0, 0.05) is 12.8 Å². The lowest BCUT2D eigenvalue weighted by Crippen LogP contribution is -2.56. The van der Waals surface area contributed by atoms with Gasteiger partial charge in [0.25, 0.3) is 0 Å². The summed E-state index contributed by atoms with van der Waals surface area (Å²) in [5, 5.41) is 12.6. The van der Waals surface area contributed by atoms with Crippen molar-refractivity contribution in [2.24, 2.45) is 0 Å². The van der Waals surface area contributed by atoms with Crippen molar-refractivity contribution in [2.75, 3.05) is 6.61 Å². The first-order valence-electron chi connectivity index (χ1n) is 13.5. The highest BCUT2D eigenvalue weighted by molar-refractivity contribution is 5.90. The van der Waals surface area contributed by atoms with Crippen LogP contribution in [0.3, 0.4) is 0 Å². The van der Waals surface area contributed by atoms with Gasteiger partial charge in [-0.05, 0) is 67.6 Å². The molecule has 2 N–H and O–H groups in total. The van der Waals surface area contributed by atoms with E-state index in [0.717, 1.165) is 27.8 Å². The van der Waals surface area contributed by atoms with Crippen LogP contribution >= 0.6 is 0 Å². The zero-order chi connectivity index (χ0) is 28.9. The third kappa shape index (κ3) is 7.20. The average molecular weight is 545 g/mol. The van der Waals surface area contributed by atoms with Crippen LogP contribution in [0.5, 0.6) is 5.75 Å². The number of rotatable bonds is 8. The number of nitrogens with zero attached hydrogens (tertiary/aromatic N) is 1. The minimum Gasteiger partial charge on any atom is -0.494 e. The minimum atomic E-state index is -1.17. The molecule has 0 saturated heterocycles. The highest BCUT2D eigenvalue weighted by atomic mass is 16.6. The lowest BCUT2D eigenvalue weighted by atomic mass is 9.93. The Balaban J connectivity index is 1.53. The molecule has 4 rings (SSSR count). The molecule has 0 spiro atoms. The Morgan fingerprint density at radius 2 is 1.65 bits per heavy atom. The van der Waals surface area contributed by atoms with E-state index in [9.17, 15) is 19.5 Å². The van der Waals surface area contributed by atoms with E-state index in [1.54, 1.807) is 20.8 Å². The second-order valence-corrected chi connectivity index (χ2v) is 10.9. The molecule has 2 amide bonds. The standard InChI is InChI=1S/C32H36N2O6/c1-5-39-26-16-15-24-19-28(34(20-25(24)18-26)31(38)40-32(2,3)4)29(35)33-27(30(36)37)17-21-11-13-23(14-12-21)22-9-7-6-8-10-22/h6-16,18,27-28H,5,17,19-20H2,1-4H3,(H,33,35)(H,36,37)/t27-,28-/m0/s1. The van der Waals surface area contributed by atoms with Gasteiger partial charge in [-0.15, -0.1) is 0 Å². The normalized spacial score (nSPS) is 15.5. The number of hydrogen-bond donors (Lipinski definition) is 2. The van der Waals surface area contributed by atoms with Crippen LogP contribution in [0.4, 0.5) is 4.79 Å². The molecule has 0 fully saturated rings. The summed E-state index contributed by atoms with van der Waals surface area (Å²) in [5.41, 5.74) is 3.84. The second kappa shape index (κ2) is 12.2. The Labute approximate surface area is 234 Å². The van der Waals surface area contributed by atoms with Crippen molar-refractivity contribution < 1.29 is 29.0 Å². The summed E-state index contributed by atoms with van der Waals surface area (Å²) in [5.74, 6) is -1.02. The monoisotopic (exact) mass is 544 g/mol. The van der Waals surface area contributed by atoms with E-state index in [-0.39, 0.29) is 19.4 Å². The molecule has 3 aromatic rings. The minimum absolute atomic E-state index is 0.101. The topological polar surface area (TPSA) is 105 Å². The molecule has 0 radical (unpaired) electrons. The summed E-state index contributed by atoms with van der Waals surface area (Å²) in [4.78, 5) is 40.3. The summed E-state index contributed by atoms with van der Waals surface area (Å²) in [6.07, 6.45) is -0.308. The molecule has 2 atom stereocenters. The molecule has 8 nitrogen and oxygen atoms in total. The number of nitrogens with one attached hydrogen (secondary N) is 1. The summed E-state index contributed by atoms with van der Waals surface area (Å²) in [6.45, 7) is 7.81. The fourth-order valence-electron chi connectivity index (χ4n) is 4.73. The number of aliphatic carboxylic acids is 1. The van der Waals surface area contributed by atoms with Crippen LogP contribution in [0, 0.1) is 0 Å². The maximum atomic E-state index is 13.6. The number of carbonyl (C=O) groups is 3. The Hall–Kier alpha value is -4.33. The number of carbonyl (C=O) groups excluding carboxylic acids is 2. The molecular formula is C32H36N2O6. The third-order valence-corrected chi connectivity index (χ3v) is 6.67. The third-order valence-electron chi connectivity index (χ3n) is 6.67. The van der Waals surface area contributed by atoms with Crippen molar-refractivity contribution in [3.63, 3.8) is 0 Å². The van der Waals surface area contributed by atoms with Gasteiger partial charge in [0.1, 0.15) is 23.4 Å². The van der Waals surface area contributed by atoms with E-state index in [0.29, 0.717) is 12.4 Å². The Morgan fingerprint density at radius 1 is 0.975 bits per heavy atom. The number of fused-ring (bicyclic) bond motifs is 1. The molecule has 8 heteroatoms. The predicted molar refractivity (Wildman–Crippen MR) is 152 cm³/mol. The van der Waals surface area contributed by atoms with Gasteiger partial charge >= 0.3 is 12.1 Å². The quantitative estimate of drug-likeness (QED) is 0.403. The van der Waals surface area contributed by atoms with Gasteiger partial charge in [0.2, 0.25) is 5.91 Å². The van der Waals surface area contributed by atoms with Gasteiger partial charge in [-0.2, -0.15) is 0 Å². The molecule has 1 aliphatic heterocycles. The van der Waals surface area contributed by atoms with E-state index in [2.05, 4.69) is 5.32 Å². The van der Waals surface area contributed by atoms with E-state index in [4.69, 9.17) is 9.47 Å². The zero-order valence-electron chi connectivity index (χ0n) is 23.3. The van der Waals surface area contributed by atoms with Gasteiger partial charge in [0.15, 0.2) is 0 Å². The molecule has 0 aromatic heterocycles. The van der Waals surface area contributed by atoms with E-state index in [1.165, 1.54) is 4.90 Å².